The lowest BCUT2D eigenvalue weighted by Gasteiger charge is -2.53. The molecule has 686 valence electrons. The molecule has 4 saturated carbocycles. The number of nitrogens with zero attached hydrogens (tertiary/aromatic N) is 6. The van der Waals surface area contributed by atoms with Gasteiger partial charge in [-0.3, -0.25) is 19.6 Å². The minimum atomic E-state index is -1.12. The van der Waals surface area contributed by atoms with Gasteiger partial charge in [0.15, 0.2) is 0 Å². The summed E-state index contributed by atoms with van der Waals surface area (Å²) in [4.78, 5) is 113. The second-order valence-corrected chi connectivity index (χ2v) is 38.6. The van der Waals surface area contributed by atoms with E-state index in [-0.39, 0.29) is 17.6 Å². The monoisotopic (exact) mass is 1810 g/mol. The highest BCUT2D eigenvalue weighted by Gasteiger charge is 2.54. The summed E-state index contributed by atoms with van der Waals surface area (Å²) in [5.74, 6) is 6.59. The molecule has 7 aromatic carbocycles. The van der Waals surface area contributed by atoms with Crippen molar-refractivity contribution in [3.05, 3.63) is 231 Å². The predicted octanol–water partition coefficient (Wildman–Crippen LogP) is 21.4. The Morgan fingerprint density at radius 2 is 0.740 bits per heavy atom. The number of piperidine rings is 8. The van der Waals surface area contributed by atoms with E-state index in [0.717, 1.165) is 146 Å². The van der Waals surface area contributed by atoms with Crippen LogP contribution in [0, 0.1) is 54.3 Å². The van der Waals surface area contributed by atoms with Gasteiger partial charge in [-0.05, 0) is 257 Å². The summed E-state index contributed by atoms with van der Waals surface area (Å²) in [5.41, 5.74) is 14.6. The maximum absolute atomic E-state index is 13.7. The second-order valence-electron chi connectivity index (χ2n) is 38.0. The summed E-state index contributed by atoms with van der Waals surface area (Å²) in [6, 6.07) is 50.5. The number of nitrogens with one attached hydrogen (secondary N) is 2. The summed E-state index contributed by atoms with van der Waals surface area (Å²) in [6.45, 7) is 20.7. The number of esters is 3. The van der Waals surface area contributed by atoms with Gasteiger partial charge in [-0.15, -0.1) is 0 Å². The van der Waals surface area contributed by atoms with Crippen molar-refractivity contribution in [3.63, 3.8) is 0 Å². The smallest absolute Gasteiger partial charge is 0.508 e. The number of benzene rings is 7. The normalized spacial score (nSPS) is 27.5. The van der Waals surface area contributed by atoms with E-state index < -0.39 is 47.1 Å². The minimum absolute atomic E-state index is 0.159. The molecule has 26 heteroatoms. The molecule has 4 N–H and O–H groups in total. The third-order valence-electron chi connectivity index (χ3n) is 30.9. The van der Waals surface area contributed by atoms with E-state index in [4.69, 9.17) is 25.8 Å². The predicted molar refractivity (Wildman–Crippen MR) is 501 cm³/mol. The second kappa shape index (κ2) is 38.6. The summed E-state index contributed by atoms with van der Waals surface area (Å²) >= 11 is 9.44. The third kappa shape index (κ3) is 17.9. The molecule has 0 radical (unpaired) electrons. The lowest BCUT2D eigenvalue weighted by Crippen LogP contribution is -2.56. The number of aromatic amines is 2. The highest BCUT2D eigenvalue weighted by atomic mass is 35.5. The number of phenolic OH excluding ortho intramolecular Hbond substituents is 2. The Labute approximate surface area is 772 Å². The summed E-state index contributed by atoms with van der Waals surface area (Å²) in [7, 11) is 2.48. The lowest BCUT2D eigenvalue weighted by molar-refractivity contribution is -0.0140. The van der Waals surface area contributed by atoms with Crippen molar-refractivity contribution in [1.29, 1.82) is 0 Å². The van der Waals surface area contributed by atoms with Gasteiger partial charge in [0.1, 0.15) is 17.2 Å². The molecule has 16 unspecified atom stereocenters. The van der Waals surface area contributed by atoms with Gasteiger partial charge in [-0.1, -0.05) is 120 Å². The summed E-state index contributed by atoms with van der Waals surface area (Å²) in [6.07, 6.45) is 16.8. The van der Waals surface area contributed by atoms with Crippen molar-refractivity contribution < 1.29 is 77.0 Å². The van der Waals surface area contributed by atoms with Gasteiger partial charge in [-0.2, -0.15) is 0 Å². The lowest BCUT2D eigenvalue weighted by atomic mass is 9.65. The average molecular weight is 1820 g/mol. The Morgan fingerprint density at radius 3 is 1.14 bits per heavy atom. The molecule has 11 aromatic rings. The molecule has 4 aliphatic carbocycles. The summed E-state index contributed by atoms with van der Waals surface area (Å²) in [5, 5.41) is 24.5. The first kappa shape index (κ1) is 90.4. The Morgan fingerprint density at radius 1 is 0.389 bits per heavy atom. The molecule has 0 amide bonds. The molecule has 0 spiro atoms. The standard InChI is InChI=1S/C29H30N2O6.C27H28N2O4.C20H26N2.C19H24N2O.C8H5ClO3.C2H3ClO2/c1-3-18-13-17-14-23-25(18)30(16-17)12-11-21-22-15-20(36-29(34)35-2)9-10-24(22)31(26(21)23)28(33)37-27(32)19-7-5-4-6-8-19;1-2-17-12-16-13-22-24(17)28(15-16)11-10-20-21-14-19(30)8-9-23(21)29(25(20)22)27(32)33-26(31)18-6-4-3-5-7-18;1-3-14-9-13-10-17-19-15(6-7-22(11-13)20(14)17)16-8-12(2)4-5-18(16)21-19;1-2-12-7-11-8-16-18-14(5-6-21(10-11)19(12)16)15-9-13(22)3-4-17(15)20-18;9-8(11)12-7(10)6-4-2-1-3-5-6;1-5-2(3)4/h4-10,15,17-18,23,25H,3,11-14,16H2,1-2H3;3-9,14,16-17,22,24,30H,2,10-13,15H2,1H3;4-5,8,13-14,17,20-21H,3,6-7,9-11H2,1-2H3;3-4,9,11-12,16,19-20,22H,2,5-8,10H2,1H3;1-5H;1H3/t17?,18?,23-,25?;16?,17?,22-,24?;13?,14?,17-,20?;11?,12?,16-,19?;;/m1100../s1. The van der Waals surface area contributed by atoms with Crippen LogP contribution >= 0.6 is 23.2 Å². The third-order valence-corrected chi connectivity index (χ3v) is 31.2. The molecule has 4 aromatic heterocycles. The van der Waals surface area contributed by atoms with Gasteiger partial charge in [0, 0.05) is 179 Å². The van der Waals surface area contributed by atoms with Crippen molar-refractivity contribution >= 4 is 114 Å². The molecule has 24 nitrogen and oxygen atoms in total. The van der Waals surface area contributed by atoms with Crippen molar-refractivity contribution in [1.82, 2.24) is 38.7 Å². The molecule has 16 heterocycles. The zero-order chi connectivity index (χ0) is 91.3. The van der Waals surface area contributed by atoms with E-state index in [2.05, 4.69) is 108 Å². The number of carbonyl (C=O) groups excluding carboxylic acids is 8. The number of hydrogen-bond donors (Lipinski definition) is 4. The van der Waals surface area contributed by atoms with Crippen molar-refractivity contribution in [2.75, 3.05) is 66.6 Å². The number of rotatable bonds is 8. The first-order chi connectivity index (χ1) is 63.5. The van der Waals surface area contributed by atoms with Crippen LogP contribution in [0.5, 0.6) is 17.2 Å². The van der Waals surface area contributed by atoms with Crippen LogP contribution in [0.1, 0.15) is 210 Å². The number of phenols is 2. The number of ether oxygens (including phenoxy) is 6. The van der Waals surface area contributed by atoms with E-state index >= 15 is 0 Å². The van der Waals surface area contributed by atoms with Gasteiger partial charge in [0.25, 0.3) is 0 Å². The van der Waals surface area contributed by atoms with Crippen molar-refractivity contribution in [2.24, 2.45) is 47.3 Å². The van der Waals surface area contributed by atoms with E-state index in [0.29, 0.717) is 80.9 Å². The fraction of sp³-hybridized carbons (Fsp3) is 0.448. The van der Waals surface area contributed by atoms with Crippen LogP contribution in [-0.4, -0.2) is 187 Å². The van der Waals surface area contributed by atoms with Gasteiger partial charge in [-0.25, -0.2) is 47.5 Å². The molecule has 12 fully saturated rings. The van der Waals surface area contributed by atoms with Gasteiger partial charge in [0.05, 0.1) is 41.9 Å². The molecule has 131 heavy (non-hydrogen) atoms. The molecule has 20 atom stereocenters. The Hall–Kier alpha value is -11.1. The van der Waals surface area contributed by atoms with Crippen LogP contribution in [-0.2, 0) is 49.4 Å². The highest BCUT2D eigenvalue weighted by Crippen LogP contribution is 2.57. The molecular weight excluding hydrogens is 1700 g/mol. The van der Waals surface area contributed by atoms with Crippen LogP contribution < -0.4 is 4.74 Å². The SMILES string of the molecule is CCC1CC2C[C@H]3c4[nH]c5ccc(C)cc5c4CCN(C2)C13.CCC1CC2C[C@H]3c4[nH]c5ccc(O)cc5c4CCN(C2)C13.CCC1CC2C[C@H]3c4c(c5cc(O)ccc5n4C(=O)OC(=O)c4ccccc4)CCN(C2)C13.CCC1CC2C[C@H]3c4c(c5cc(OC(=O)OC)ccc5n4C(=O)OC(=O)c4ccccc4)CCN(C2)C13.COC(=O)Cl.O=C(Cl)OC(=O)c1ccccc1. The van der Waals surface area contributed by atoms with Crippen LogP contribution in [0.25, 0.3) is 43.6 Å². The van der Waals surface area contributed by atoms with Crippen molar-refractivity contribution in [3.8, 4) is 17.2 Å². The average Bonchev–Trinajstić information content (AvgIpc) is 1.55. The highest BCUT2D eigenvalue weighted by molar-refractivity contribution is 6.62. The number of hydrogen-bond acceptors (Lipinski definition) is 20. The van der Waals surface area contributed by atoms with Crippen molar-refractivity contribution in [2.45, 2.75) is 185 Å². The van der Waals surface area contributed by atoms with Crippen LogP contribution in [0.15, 0.2) is 164 Å². The number of aromatic hydroxyl groups is 2. The summed E-state index contributed by atoms with van der Waals surface area (Å²) < 4.78 is 32.1. The largest absolute Gasteiger partial charge is 0.513 e. The van der Waals surface area contributed by atoms with Gasteiger partial charge >= 0.3 is 47.1 Å². The number of methoxy groups -OCH3 is 2. The minimum Gasteiger partial charge on any atom is -0.508 e. The topological polar surface area (TPSA) is 287 Å². The number of aryl methyl sites for hydroxylation is 1. The zero-order valence-electron chi connectivity index (χ0n) is 75.3. The Bertz CT molecular complexity index is 6020. The molecule has 16 aliphatic rings. The zero-order valence-corrected chi connectivity index (χ0v) is 76.9. The fourth-order valence-electron chi connectivity index (χ4n) is 26.0. The fourth-order valence-corrected chi connectivity index (χ4v) is 26.0. The first-order valence-electron chi connectivity index (χ1n) is 47.0. The molecule has 8 saturated heterocycles. The quantitative estimate of drug-likeness (QED) is 0.0361. The number of halogens is 2. The maximum Gasteiger partial charge on any atom is 0.513 e. The van der Waals surface area contributed by atoms with Gasteiger partial charge in [0.2, 0.25) is 0 Å². The molecule has 12 aliphatic heterocycles. The maximum atomic E-state index is 13.7. The van der Waals surface area contributed by atoms with E-state index in [1.165, 1.54) is 149 Å². The van der Waals surface area contributed by atoms with Crippen LogP contribution in [0.3, 0.4) is 0 Å². The Kier molecular flexibility index (Phi) is 26.6. The molecular formula is C105H116Cl2N8O16. The number of fused-ring (bicyclic) bond motifs is 16. The molecule has 16 bridgehead atoms. The Balaban J connectivity index is 0.000000112. The van der Waals surface area contributed by atoms with Crippen LogP contribution in [0.4, 0.5) is 24.0 Å². The van der Waals surface area contributed by atoms with E-state index in [1.807, 2.05) is 18.2 Å². The number of aromatic nitrogens is 4. The van der Waals surface area contributed by atoms with Gasteiger partial charge < -0.3 is 48.6 Å². The number of H-pyrrole nitrogens is 2. The number of carbonyl (C=O) groups is 8. The molecule has 27 rings (SSSR count). The van der Waals surface area contributed by atoms with E-state index in [1.54, 1.807) is 136 Å². The van der Waals surface area contributed by atoms with Crippen LogP contribution in [0.2, 0.25) is 0 Å². The van der Waals surface area contributed by atoms with E-state index in [9.17, 15) is 48.6 Å². The first-order valence-corrected chi connectivity index (χ1v) is 47.8.